The van der Waals surface area contributed by atoms with Gasteiger partial charge < -0.3 is 10.2 Å². The summed E-state index contributed by atoms with van der Waals surface area (Å²) in [6, 6.07) is 10.7. The van der Waals surface area contributed by atoms with E-state index in [4.69, 9.17) is 0 Å². The number of rotatable bonds is 8. The molecule has 7 heteroatoms. The van der Waals surface area contributed by atoms with Crippen LogP contribution in [0.1, 0.15) is 41.1 Å². The molecule has 1 saturated heterocycles. The van der Waals surface area contributed by atoms with Gasteiger partial charge in [-0.1, -0.05) is 12.1 Å². The molecule has 0 radical (unpaired) electrons. The number of aromatic nitrogens is 3. The summed E-state index contributed by atoms with van der Waals surface area (Å²) < 4.78 is 1.88. The predicted molar refractivity (Wildman–Crippen MR) is 133 cm³/mol. The number of benzene rings is 1. The number of piperazine rings is 1. The molecule has 2 aromatic heterocycles. The minimum Gasteiger partial charge on any atom is -0.369 e. The molecule has 1 fully saturated rings. The number of hydrogen-bond donors (Lipinski definition) is 1. The number of aryl methyl sites for hydroxylation is 4. The Morgan fingerprint density at radius 1 is 1.06 bits per heavy atom. The molecule has 0 spiro atoms. The molecule has 1 N–H and O–H groups in total. The van der Waals surface area contributed by atoms with Gasteiger partial charge in [0.2, 0.25) is 5.91 Å². The molecule has 0 atom stereocenters. The smallest absolute Gasteiger partial charge is 0.220 e. The average Bonchev–Trinajstić information content (AvgIpc) is 3.17. The molecule has 3 heterocycles. The number of nitrogens with zero attached hydrogens (tertiary/aromatic N) is 5. The van der Waals surface area contributed by atoms with Crippen LogP contribution in [0, 0.1) is 27.7 Å². The topological polar surface area (TPSA) is 65.8 Å². The molecule has 0 bridgehead atoms. The van der Waals surface area contributed by atoms with Gasteiger partial charge in [-0.25, -0.2) is 9.50 Å². The summed E-state index contributed by atoms with van der Waals surface area (Å²) in [6.45, 7) is 14.2. The van der Waals surface area contributed by atoms with Gasteiger partial charge in [0.25, 0.3) is 0 Å². The first-order chi connectivity index (χ1) is 15.9. The highest BCUT2D eigenvalue weighted by atomic mass is 16.1. The highest BCUT2D eigenvalue weighted by Crippen LogP contribution is 2.18. The van der Waals surface area contributed by atoms with Crippen LogP contribution in [-0.2, 0) is 11.2 Å². The summed E-state index contributed by atoms with van der Waals surface area (Å²) in [6.07, 6.45) is 2.14. The fourth-order valence-corrected chi connectivity index (χ4v) is 4.71. The van der Waals surface area contributed by atoms with E-state index in [0.29, 0.717) is 12.8 Å². The van der Waals surface area contributed by atoms with Crippen molar-refractivity contribution in [3.8, 4) is 0 Å². The second-order valence-electron chi connectivity index (χ2n) is 9.19. The Morgan fingerprint density at radius 2 is 1.85 bits per heavy atom. The Kier molecular flexibility index (Phi) is 7.28. The van der Waals surface area contributed by atoms with Crippen molar-refractivity contribution in [2.75, 3.05) is 44.2 Å². The van der Waals surface area contributed by atoms with E-state index >= 15 is 0 Å². The SMILES string of the molecule is Cc1cccc(N2CCN(CCCNC(=O)CCc3c(C)nc4cc(C)nn4c3C)CC2)c1. The van der Waals surface area contributed by atoms with Crippen LogP contribution in [-0.4, -0.2) is 64.7 Å². The lowest BCUT2D eigenvalue weighted by molar-refractivity contribution is -0.121. The second kappa shape index (κ2) is 10.3. The van der Waals surface area contributed by atoms with Gasteiger partial charge in [0.15, 0.2) is 5.65 Å². The van der Waals surface area contributed by atoms with E-state index in [1.54, 1.807) is 0 Å². The van der Waals surface area contributed by atoms with Gasteiger partial charge in [-0.15, -0.1) is 0 Å². The van der Waals surface area contributed by atoms with Gasteiger partial charge in [0.1, 0.15) is 0 Å². The van der Waals surface area contributed by atoms with Crippen LogP contribution in [0.25, 0.3) is 5.65 Å². The Balaban J connectivity index is 1.16. The summed E-state index contributed by atoms with van der Waals surface area (Å²) >= 11 is 0. The summed E-state index contributed by atoms with van der Waals surface area (Å²) in [4.78, 5) is 22.0. The van der Waals surface area contributed by atoms with Gasteiger partial charge in [-0.2, -0.15) is 5.10 Å². The van der Waals surface area contributed by atoms with E-state index in [0.717, 1.165) is 74.0 Å². The standard InChI is InChI=1S/C26H36N6O/c1-19-7-5-8-23(17-19)31-15-13-30(14-16-31)12-6-11-27-26(33)10-9-24-21(3)28-25-18-20(2)29-32(25)22(24)4/h5,7-8,17-18H,6,9-16H2,1-4H3,(H,27,33). The Bertz CT molecular complexity index is 1110. The summed E-state index contributed by atoms with van der Waals surface area (Å²) in [7, 11) is 0. The lowest BCUT2D eigenvalue weighted by Crippen LogP contribution is -2.47. The quantitative estimate of drug-likeness (QED) is 0.536. The molecule has 0 saturated carbocycles. The van der Waals surface area contributed by atoms with E-state index in [1.807, 2.05) is 24.4 Å². The molecule has 1 aliphatic rings. The van der Waals surface area contributed by atoms with E-state index in [1.165, 1.54) is 11.3 Å². The Labute approximate surface area is 196 Å². The predicted octanol–water partition coefficient (Wildman–Crippen LogP) is 3.22. The first-order valence-electron chi connectivity index (χ1n) is 12.0. The van der Waals surface area contributed by atoms with Crippen molar-refractivity contribution in [2.45, 2.75) is 47.0 Å². The molecule has 7 nitrogen and oxygen atoms in total. The highest BCUT2D eigenvalue weighted by molar-refractivity contribution is 5.76. The van der Waals surface area contributed by atoms with Crippen LogP contribution < -0.4 is 10.2 Å². The lowest BCUT2D eigenvalue weighted by Gasteiger charge is -2.36. The molecule has 0 unspecified atom stereocenters. The zero-order chi connectivity index (χ0) is 23.4. The first kappa shape index (κ1) is 23.2. The molecule has 1 aromatic carbocycles. The van der Waals surface area contributed by atoms with Gasteiger partial charge in [-0.05, 0) is 70.3 Å². The van der Waals surface area contributed by atoms with Crippen LogP contribution in [0.15, 0.2) is 30.3 Å². The molecule has 0 aliphatic carbocycles. The normalized spacial score (nSPS) is 14.7. The highest BCUT2D eigenvalue weighted by Gasteiger charge is 2.17. The largest absolute Gasteiger partial charge is 0.369 e. The summed E-state index contributed by atoms with van der Waals surface area (Å²) in [5.41, 5.74) is 7.63. The van der Waals surface area contributed by atoms with Crippen molar-refractivity contribution in [1.82, 2.24) is 24.8 Å². The molecule has 1 amide bonds. The molecule has 3 aromatic rings. The number of anilines is 1. The Morgan fingerprint density at radius 3 is 2.61 bits per heavy atom. The van der Waals surface area contributed by atoms with Crippen molar-refractivity contribution in [2.24, 2.45) is 0 Å². The number of carbonyl (C=O) groups excluding carboxylic acids is 1. The number of hydrogen-bond acceptors (Lipinski definition) is 5. The van der Waals surface area contributed by atoms with E-state index in [9.17, 15) is 4.79 Å². The fraction of sp³-hybridized carbons (Fsp3) is 0.500. The van der Waals surface area contributed by atoms with Crippen LogP contribution in [0.2, 0.25) is 0 Å². The maximum Gasteiger partial charge on any atom is 0.220 e. The van der Waals surface area contributed by atoms with Crippen LogP contribution >= 0.6 is 0 Å². The number of fused-ring (bicyclic) bond motifs is 1. The third-order valence-corrected chi connectivity index (χ3v) is 6.60. The van der Waals surface area contributed by atoms with E-state index in [2.05, 4.69) is 63.3 Å². The lowest BCUT2D eigenvalue weighted by atomic mass is 10.1. The maximum absolute atomic E-state index is 12.4. The molecular formula is C26H36N6O. The number of nitrogens with one attached hydrogen (secondary N) is 1. The van der Waals surface area contributed by atoms with E-state index < -0.39 is 0 Å². The average molecular weight is 449 g/mol. The van der Waals surface area contributed by atoms with Crippen molar-refractivity contribution >= 4 is 17.2 Å². The first-order valence-corrected chi connectivity index (χ1v) is 12.0. The Hall–Kier alpha value is -2.93. The zero-order valence-electron chi connectivity index (χ0n) is 20.4. The summed E-state index contributed by atoms with van der Waals surface area (Å²) in [5, 5.41) is 7.61. The zero-order valence-corrected chi connectivity index (χ0v) is 20.4. The van der Waals surface area contributed by atoms with Crippen molar-refractivity contribution in [3.05, 3.63) is 58.5 Å². The molecule has 1 aliphatic heterocycles. The minimum atomic E-state index is 0.106. The van der Waals surface area contributed by atoms with E-state index in [-0.39, 0.29) is 5.91 Å². The van der Waals surface area contributed by atoms with Crippen molar-refractivity contribution in [1.29, 1.82) is 0 Å². The number of carbonyl (C=O) groups is 1. The fourth-order valence-electron chi connectivity index (χ4n) is 4.71. The molecular weight excluding hydrogens is 412 g/mol. The van der Waals surface area contributed by atoms with Gasteiger partial charge in [0, 0.05) is 62.3 Å². The maximum atomic E-state index is 12.4. The van der Waals surface area contributed by atoms with Gasteiger partial charge in [-0.3, -0.25) is 9.69 Å². The third-order valence-electron chi connectivity index (χ3n) is 6.60. The third kappa shape index (κ3) is 5.71. The molecule has 4 rings (SSSR count). The monoisotopic (exact) mass is 448 g/mol. The summed E-state index contributed by atoms with van der Waals surface area (Å²) in [5.74, 6) is 0.106. The minimum absolute atomic E-state index is 0.106. The molecule has 33 heavy (non-hydrogen) atoms. The second-order valence-corrected chi connectivity index (χ2v) is 9.19. The van der Waals surface area contributed by atoms with Crippen molar-refractivity contribution < 1.29 is 4.79 Å². The van der Waals surface area contributed by atoms with Crippen LogP contribution in [0.3, 0.4) is 0 Å². The van der Waals surface area contributed by atoms with Crippen LogP contribution in [0.5, 0.6) is 0 Å². The number of amides is 1. The van der Waals surface area contributed by atoms with Gasteiger partial charge >= 0.3 is 0 Å². The van der Waals surface area contributed by atoms with Gasteiger partial charge in [0.05, 0.1) is 5.69 Å². The van der Waals surface area contributed by atoms with Crippen molar-refractivity contribution in [3.63, 3.8) is 0 Å². The van der Waals surface area contributed by atoms with Crippen LogP contribution in [0.4, 0.5) is 5.69 Å². The molecule has 176 valence electrons.